The van der Waals surface area contributed by atoms with Gasteiger partial charge in [-0.3, -0.25) is 4.79 Å². The van der Waals surface area contributed by atoms with E-state index in [4.69, 9.17) is 10.3 Å². The zero-order chi connectivity index (χ0) is 21.8. The quantitative estimate of drug-likeness (QED) is 0.490. The molecule has 0 spiro atoms. The van der Waals surface area contributed by atoms with Crippen molar-refractivity contribution in [1.82, 2.24) is 14.7 Å². The van der Waals surface area contributed by atoms with Crippen molar-refractivity contribution in [3.8, 4) is 23.2 Å². The highest BCUT2D eigenvalue weighted by atomic mass is 16.5. The fourth-order valence-corrected chi connectivity index (χ4v) is 3.13. The molecule has 7 nitrogen and oxygen atoms in total. The predicted octanol–water partition coefficient (Wildman–Crippen LogP) is 3.14. The molecule has 0 saturated carbocycles. The summed E-state index contributed by atoms with van der Waals surface area (Å²) in [7, 11) is 0. The Morgan fingerprint density at radius 3 is 2.68 bits per heavy atom. The maximum absolute atomic E-state index is 11.3. The Morgan fingerprint density at radius 1 is 1.16 bits per heavy atom. The van der Waals surface area contributed by atoms with Crippen LogP contribution in [0.2, 0.25) is 0 Å². The third-order valence-corrected chi connectivity index (χ3v) is 4.68. The zero-order valence-corrected chi connectivity index (χ0v) is 16.8. The molecule has 0 bridgehead atoms. The van der Waals surface area contributed by atoms with Gasteiger partial charge in [-0.15, -0.1) is 0 Å². The fraction of sp³-hybridized carbons (Fsp3) is 0.125. The third kappa shape index (κ3) is 4.71. The van der Waals surface area contributed by atoms with E-state index in [1.807, 2.05) is 41.0 Å². The smallest absolute Gasteiger partial charge is 0.248 e. The molecule has 4 aromatic rings. The van der Waals surface area contributed by atoms with Crippen molar-refractivity contribution in [2.45, 2.75) is 19.6 Å². The number of aliphatic hydroxyl groups excluding tert-OH is 1. The Kier molecular flexibility index (Phi) is 5.65. The Bertz CT molecular complexity index is 1270. The number of nitrogens with zero attached hydrogens (tertiary/aromatic N) is 3. The average Bonchev–Trinajstić information content (AvgIpc) is 3.43. The van der Waals surface area contributed by atoms with E-state index in [0.29, 0.717) is 23.7 Å². The summed E-state index contributed by atoms with van der Waals surface area (Å²) in [4.78, 5) is 15.4. The first kappa shape index (κ1) is 20.1. The van der Waals surface area contributed by atoms with Crippen LogP contribution in [0, 0.1) is 11.8 Å². The Balaban J connectivity index is 1.48. The summed E-state index contributed by atoms with van der Waals surface area (Å²) in [6.07, 6.45) is 2.78. The molecule has 0 radical (unpaired) electrons. The van der Waals surface area contributed by atoms with Crippen molar-refractivity contribution in [2.75, 3.05) is 0 Å². The molecule has 1 amide bonds. The maximum Gasteiger partial charge on any atom is 0.248 e. The van der Waals surface area contributed by atoms with Crippen LogP contribution in [0.15, 0.2) is 71.5 Å². The standard InChI is InChI=1S/C24H20N4O3/c1-16(29)24-26-11-12-28(24)15-21-14-22(31-27-21)19-9-7-17(8-10-19)5-6-18-3-2-4-20(13-18)23(25)30/h2-4,7-14,16,29H,15H2,1H3,(H2,25,30)/t16-/m0/s1. The van der Waals surface area contributed by atoms with E-state index in [2.05, 4.69) is 22.0 Å². The molecule has 2 aromatic carbocycles. The number of carbonyl (C=O) groups is 1. The van der Waals surface area contributed by atoms with Gasteiger partial charge >= 0.3 is 0 Å². The SMILES string of the molecule is C[C@H](O)c1nccn1Cc1cc(-c2ccc(C#Cc3cccc(C(N)=O)c3)cc2)on1. The van der Waals surface area contributed by atoms with Crippen LogP contribution in [0.4, 0.5) is 0 Å². The molecule has 7 heteroatoms. The first-order valence-electron chi connectivity index (χ1n) is 9.66. The van der Waals surface area contributed by atoms with Crippen LogP contribution in [0.1, 0.15) is 46.0 Å². The summed E-state index contributed by atoms with van der Waals surface area (Å²) in [5.41, 5.74) is 8.89. The van der Waals surface area contributed by atoms with Crippen molar-refractivity contribution >= 4 is 5.91 Å². The van der Waals surface area contributed by atoms with Gasteiger partial charge in [0.05, 0.1) is 6.54 Å². The van der Waals surface area contributed by atoms with E-state index < -0.39 is 12.0 Å². The molecular weight excluding hydrogens is 392 g/mol. The summed E-state index contributed by atoms with van der Waals surface area (Å²) < 4.78 is 7.31. The molecule has 1 atom stereocenters. The van der Waals surface area contributed by atoms with E-state index >= 15 is 0 Å². The first-order chi connectivity index (χ1) is 15.0. The summed E-state index contributed by atoms with van der Waals surface area (Å²) in [6, 6.07) is 16.4. The molecule has 0 aliphatic rings. The lowest BCUT2D eigenvalue weighted by Crippen LogP contribution is -2.10. The first-order valence-corrected chi connectivity index (χ1v) is 9.66. The van der Waals surface area contributed by atoms with Gasteiger partial charge in [0.25, 0.3) is 0 Å². The van der Waals surface area contributed by atoms with Crippen LogP contribution in [0.5, 0.6) is 0 Å². The van der Waals surface area contributed by atoms with E-state index in [0.717, 1.165) is 22.4 Å². The van der Waals surface area contributed by atoms with E-state index in [1.165, 1.54) is 0 Å². The van der Waals surface area contributed by atoms with Crippen LogP contribution in [0.3, 0.4) is 0 Å². The van der Waals surface area contributed by atoms with Crippen LogP contribution in [0.25, 0.3) is 11.3 Å². The lowest BCUT2D eigenvalue weighted by atomic mass is 10.1. The van der Waals surface area contributed by atoms with E-state index in [1.54, 1.807) is 37.5 Å². The van der Waals surface area contributed by atoms with Gasteiger partial charge in [-0.05, 0) is 49.4 Å². The van der Waals surface area contributed by atoms with E-state index in [9.17, 15) is 9.90 Å². The number of aromatic nitrogens is 3. The maximum atomic E-state index is 11.3. The number of imidazole rings is 1. The second-order valence-corrected chi connectivity index (χ2v) is 7.04. The Morgan fingerprint density at radius 2 is 1.94 bits per heavy atom. The molecule has 0 aliphatic carbocycles. The molecule has 31 heavy (non-hydrogen) atoms. The second kappa shape index (κ2) is 8.69. The van der Waals surface area contributed by atoms with Crippen LogP contribution < -0.4 is 5.73 Å². The van der Waals surface area contributed by atoms with Gasteiger partial charge < -0.3 is 19.9 Å². The third-order valence-electron chi connectivity index (χ3n) is 4.68. The number of carbonyl (C=O) groups excluding carboxylic acids is 1. The minimum absolute atomic E-state index is 0.430. The number of rotatable bonds is 5. The topological polar surface area (TPSA) is 107 Å². The minimum Gasteiger partial charge on any atom is -0.385 e. The van der Waals surface area contributed by atoms with Gasteiger partial charge in [0, 0.05) is 40.7 Å². The van der Waals surface area contributed by atoms with Crippen molar-refractivity contribution < 1.29 is 14.4 Å². The summed E-state index contributed by atoms with van der Waals surface area (Å²) in [5.74, 6) is 6.85. The zero-order valence-electron chi connectivity index (χ0n) is 16.8. The fourth-order valence-electron chi connectivity index (χ4n) is 3.13. The molecule has 4 rings (SSSR count). The predicted molar refractivity (Wildman–Crippen MR) is 115 cm³/mol. The lowest BCUT2D eigenvalue weighted by Gasteiger charge is -2.07. The van der Waals surface area contributed by atoms with Gasteiger partial charge in [-0.2, -0.15) is 0 Å². The van der Waals surface area contributed by atoms with Crippen LogP contribution >= 0.6 is 0 Å². The van der Waals surface area contributed by atoms with E-state index in [-0.39, 0.29) is 0 Å². The summed E-state index contributed by atoms with van der Waals surface area (Å²) in [5, 5.41) is 13.9. The molecule has 0 aliphatic heterocycles. The van der Waals surface area contributed by atoms with Crippen molar-refractivity contribution in [3.63, 3.8) is 0 Å². The lowest BCUT2D eigenvalue weighted by molar-refractivity contribution is 0.1000. The number of benzene rings is 2. The van der Waals surface area contributed by atoms with Gasteiger partial charge in [0.15, 0.2) is 5.76 Å². The Hall–Kier alpha value is -4.15. The van der Waals surface area contributed by atoms with Gasteiger partial charge in [0.1, 0.15) is 17.6 Å². The summed E-state index contributed by atoms with van der Waals surface area (Å²) in [6.45, 7) is 2.13. The van der Waals surface area contributed by atoms with Crippen LogP contribution in [-0.2, 0) is 6.54 Å². The molecule has 154 valence electrons. The van der Waals surface area contributed by atoms with Crippen molar-refractivity contribution in [2.24, 2.45) is 5.73 Å². The number of amides is 1. The van der Waals surface area contributed by atoms with Gasteiger partial charge in [0.2, 0.25) is 5.91 Å². The van der Waals surface area contributed by atoms with Crippen molar-refractivity contribution in [1.29, 1.82) is 0 Å². The average molecular weight is 412 g/mol. The highest BCUT2D eigenvalue weighted by Gasteiger charge is 2.12. The Labute approximate surface area is 179 Å². The highest BCUT2D eigenvalue weighted by molar-refractivity contribution is 5.93. The second-order valence-electron chi connectivity index (χ2n) is 7.04. The van der Waals surface area contributed by atoms with Gasteiger partial charge in [-0.1, -0.05) is 23.1 Å². The van der Waals surface area contributed by atoms with Crippen molar-refractivity contribution in [3.05, 3.63) is 95.2 Å². The molecule has 2 aromatic heterocycles. The molecule has 0 unspecified atom stereocenters. The molecule has 0 saturated heterocycles. The molecular formula is C24H20N4O3. The van der Waals surface area contributed by atoms with Gasteiger partial charge in [-0.25, -0.2) is 4.98 Å². The number of hydrogen-bond acceptors (Lipinski definition) is 5. The number of primary amides is 1. The monoisotopic (exact) mass is 412 g/mol. The largest absolute Gasteiger partial charge is 0.385 e. The molecule has 0 fully saturated rings. The molecule has 2 heterocycles. The summed E-state index contributed by atoms with van der Waals surface area (Å²) >= 11 is 0. The highest BCUT2D eigenvalue weighted by Crippen LogP contribution is 2.22. The number of aliphatic hydroxyl groups is 1. The normalized spacial score (nSPS) is 11.5. The number of hydrogen-bond donors (Lipinski definition) is 2. The number of nitrogens with two attached hydrogens (primary N) is 1. The minimum atomic E-state index is -0.659. The molecule has 3 N–H and O–H groups in total. The van der Waals surface area contributed by atoms with Crippen LogP contribution in [-0.4, -0.2) is 25.7 Å².